The number of esters is 1. The third kappa shape index (κ3) is 5.14. The van der Waals surface area contributed by atoms with Crippen LogP contribution in [0.15, 0.2) is 0 Å². The van der Waals surface area contributed by atoms with E-state index in [2.05, 4.69) is 0 Å². The van der Waals surface area contributed by atoms with Crippen molar-refractivity contribution in [2.75, 3.05) is 19.8 Å². The van der Waals surface area contributed by atoms with Crippen LogP contribution in [0.1, 0.15) is 26.7 Å². The van der Waals surface area contributed by atoms with Crippen LogP contribution in [-0.2, 0) is 14.3 Å². The van der Waals surface area contributed by atoms with Crippen molar-refractivity contribution in [3.63, 3.8) is 0 Å². The van der Waals surface area contributed by atoms with Gasteiger partial charge in [-0.1, -0.05) is 13.8 Å². The second kappa shape index (κ2) is 7.87. The lowest BCUT2D eigenvalue weighted by Crippen LogP contribution is -2.38. The fourth-order valence-electron chi connectivity index (χ4n) is 1.48. The lowest BCUT2D eigenvalue weighted by molar-refractivity contribution is -0.148. The minimum Gasteiger partial charge on any atom is -0.464 e. The highest BCUT2D eigenvalue weighted by Crippen LogP contribution is 2.15. The largest absolute Gasteiger partial charge is 0.464 e. The molecule has 1 aliphatic heterocycles. The van der Waals surface area contributed by atoms with Crippen LogP contribution in [0.25, 0.3) is 0 Å². The molecule has 0 spiro atoms. The zero-order valence-electron chi connectivity index (χ0n) is 9.98. The molecule has 0 bridgehead atoms. The molecule has 1 aliphatic rings. The van der Waals surface area contributed by atoms with E-state index in [1.807, 2.05) is 13.8 Å². The van der Waals surface area contributed by atoms with Crippen LogP contribution < -0.4 is 5.73 Å². The van der Waals surface area contributed by atoms with Gasteiger partial charge in [0, 0.05) is 13.2 Å². The number of ether oxygens (including phenoxy) is 2. The summed E-state index contributed by atoms with van der Waals surface area (Å²) in [5.41, 5.74) is 5.68. The van der Waals surface area contributed by atoms with Crippen molar-refractivity contribution in [2.45, 2.75) is 32.7 Å². The summed E-state index contributed by atoms with van der Waals surface area (Å²) in [6.07, 6.45) is 1.95. The molecule has 1 rings (SSSR count). The third-order valence-electron chi connectivity index (χ3n) is 2.79. The number of carbonyl (C=O) groups excluding carboxylic acids is 1. The Morgan fingerprint density at radius 2 is 2.00 bits per heavy atom. The van der Waals surface area contributed by atoms with Crippen LogP contribution in [0.5, 0.6) is 0 Å². The molecule has 16 heavy (non-hydrogen) atoms. The first-order valence-corrected chi connectivity index (χ1v) is 5.61. The monoisotopic (exact) mass is 251 g/mol. The van der Waals surface area contributed by atoms with Gasteiger partial charge in [0.25, 0.3) is 0 Å². The van der Waals surface area contributed by atoms with Gasteiger partial charge in [-0.15, -0.1) is 12.4 Å². The van der Waals surface area contributed by atoms with Crippen molar-refractivity contribution in [3.8, 4) is 0 Å². The molecule has 2 N–H and O–H groups in total. The predicted octanol–water partition coefficient (Wildman–Crippen LogP) is 1.36. The SMILES string of the molecule is CC(C)[C@H](N)C(=O)OCC1CCOCC1.Cl. The van der Waals surface area contributed by atoms with Crippen LogP contribution in [-0.4, -0.2) is 31.8 Å². The van der Waals surface area contributed by atoms with Crippen LogP contribution in [0.3, 0.4) is 0 Å². The standard InChI is InChI=1S/C11H21NO3.ClH/c1-8(2)10(12)11(13)15-7-9-3-5-14-6-4-9;/h8-10H,3-7,12H2,1-2H3;1H/t10-;/m0./s1. The topological polar surface area (TPSA) is 61.6 Å². The maximum atomic E-state index is 11.4. The summed E-state index contributed by atoms with van der Waals surface area (Å²) in [4.78, 5) is 11.4. The number of rotatable bonds is 4. The molecule has 0 aliphatic carbocycles. The van der Waals surface area contributed by atoms with E-state index in [0.29, 0.717) is 12.5 Å². The number of hydrogen-bond acceptors (Lipinski definition) is 4. The molecule has 0 aromatic heterocycles. The molecule has 0 amide bonds. The highest BCUT2D eigenvalue weighted by atomic mass is 35.5. The van der Waals surface area contributed by atoms with E-state index in [1.54, 1.807) is 0 Å². The van der Waals surface area contributed by atoms with Crippen LogP contribution >= 0.6 is 12.4 Å². The highest BCUT2D eigenvalue weighted by Gasteiger charge is 2.21. The number of hydrogen-bond donors (Lipinski definition) is 1. The lowest BCUT2D eigenvalue weighted by atomic mass is 10.0. The maximum Gasteiger partial charge on any atom is 0.323 e. The lowest BCUT2D eigenvalue weighted by Gasteiger charge is -2.22. The Morgan fingerprint density at radius 1 is 1.44 bits per heavy atom. The molecule has 1 saturated heterocycles. The molecule has 0 aromatic carbocycles. The summed E-state index contributed by atoms with van der Waals surface area (Å²) in [7, 11) is 0. The summed E-state index contributed by atoms with van der Waals surface area (Å²) >= 11 is 0. The summed E-state index contributed by atoms with van der Waals surface area (Å²) in [5, 5.41) is 0. The van der Waals surface area contributed by atoms with Crippen molar-refractivity contribution in [1.82, 2.24) is 0 Å². The normalized spacial score (nSPS) is 19.0. The molecule has 1 heterocycles. The first-order valence-electron chi connectivity index (χ1n) is 5.61. The Bertz CT molecular complexity index is 205. The minimum absolute atomic E-state index is 0. The van der Waals surface area contributed by atoms with Crippen molar-refractivity contribution >= 4 is 18.4 Å². The molecule has 0 radical (unpaired) electrons. The van der Waals surface area contributed by atoms with Gasteiger partial charge in [0.1, 0.15) is 6.04 Å². The number of nitrogens with two attached hydrogens (primary N) is 1. The predicted molar refractivity (Wildman–Crippen MR) is 64.6 cm³/mol. The Balaban J connectivity index is 0.00000225. The summed E-state index contributed by atoms with van der Waals surface area (Å²) in [5.74, 6) is 0.297. The molecule has 1 fully saturated rings. The average Bonchev–Trinajstić information content (AvgIpc) is 2.26. The first kappa shape index (κ1) is 15.7. The summed E-state index contributed by atoms with van der Waals surface area (Å²) in [6.45, 7) is 5.88. The van der Waals surface area contributed by atoms with E-state index in [4.69, 9.17) is 15.2 Å². The fourth-order valence-corrected chi connectivity index (χ4v) is 1.48. The van der Waals surface area contributed by atoms with E-state index in [0.717, 1.165) is 26.1 Å². The molecule has 1 atom stereocenters. The van der Waals surface area contributed by atoms with Gasteiger partial charge in [-0.3, -0.25) is 4.79 Å². The van der Waals surface area contributed by atoms with Gasteiger partial charge in [0.05, 0.1) is 6.61 Å². The Labute approximate surface area is 103 Å². The van der Waals surface area contributed by atoms with Crippen molar-refractivity contribution in [1.29, 1.82) is 0 Å². The third-order valence-corrected chi connectivity index (χ3v) is 2.79. The van der Waals surface area contributed by atoms with Gasteiger partial charge in [-0.05, 0) is 24.7 Å². The van der Waals surface area contributed by atoms with Gasteiger partial charge in [0.2, 0.25) is 0 Å². The fraction of sp³-hybridized carbons (Fsp3) is 0.909. The van der Waals surface area contributed by atoms with E-state index < -0.39 is 6.04 Å². The van der Waals surface area contributed by atoms with Crippen LogP contribution in [0.2, 0.25) is 0 Å². The molecule has 96 valence electrons. The van der Waals surface area contributed by atoms with Gasteiger partial charge in [0.15, 0.2) is 0 Å². The van der Waals surface area contributed by atoms with Crippen LogP contribution in [0.4, 0.5) is 0 Å². The van der Waals surface area contributed by atoms with Gasteiger partial charge < -0.3 is 15.2 Å². The summed E-state index contributed by atoms with van der Waals surface area (Å²) in [6, 6.07) is -0.496. The molecule has 4 nitrogen and oxygen atoms in total. The zero-order valence-corrected chi connectivity index (χ0v) is 10.8. The van der Waals surface area contributed by atoms with E-state index >= 15 is 0 Å². The van der Waals surface area contributed by atoms with E-state index in [-0.39, 0.29) is 24.3 Å². The van der Waals surface area contributed by atoms with Crippen molar-refractivity contribution < 1.29 is 14.3 Å². The maximum absolute atomic E-state index is 11.4. The van der Waals surface area contributed by atoms with Crippen LogP contribution in [0, 0.1) is 11.8 Å². The number of carbonyl (C=O) groups is 1. The van der Waals surface area contributed by atoms with Gasteiger partial charge in [-0.25, -0.2) is 0 Å². The van der Waals surface area contributed by atoms with E-state index in [1.165, 1.54) is 0 Å². The molecule has 0 saturated carbocycles. The molecule has 0 unspecified atom stereocenters. The van der Waals surface area contributed by atoms with Crippen molar-refractivity contribution in [2.24, 2.45) is 17.6 Å². The van der Waals surface area contributed by atoms with Gasteiger partial charge >= 0.3 is 5.97 Å². The Morgan fingerprint density at radius 3 is 2.50 bits per heavy atom. The van der Waals surface area contributed by atoms with E-state index in [9.17, 15) is 4.79 Å². The molecule has 5 heteroatoms. The second-order valence-corrected chi connectivity index (χ2v) is 4.46. The molecular formula is C11H22ClNO3. The summed E-state index contributed by atoms with van der Waals surface area (Å²) < 4.78 is 10.4. The second-order valence-electron chi connectivity index (χ2n) is 4.46. The molecular weight excluding hydrogens is 230 g/mol. The van der Waals surface area contributed by atoms with Gasteiger partial charge in [-0.2, -0.15) is 0 Å². The Hall–Kier alpha value is -0.320. The van der Waals surface area contributed by atoms with Crippen molar-refractivity contribution in [3.05, 3.63) is 0 Å². The number of halogens is 1. The quantitative estimate of drug-likeness (QED) is 0.767. The zero-order chi connectivity index (χ0) is 11.3. The first-order chi connectivity index (χ1) is 7.11. The average molecular weight is 252 g/mol. The highest BCUT2D eigenvalue weighted by molar-refractivity contribution is 5.85. The Kier molecular flexibility index (Phi) is 7.72. The molecule has 0 aromatic rings. The minimum atomic E-state index is -0.496. The smallest absolute Gasteiger partial charge is 0.323 e.